The van der Waals surface area contributed by atoms with Crippen LogP contribution >= 0.6 is 0 Å². The lowest BCUT2D eigenvalue weighted by atomic mass is 10.1. The molecule has 2 amide bonds. The maximum absolute atomic E-state index is 12.8. The van der Waals surface area contributed by atoms with E-state index in [1.165, 1.54) is 11.0 Å². The van der Waals surface area contributed by atoms with Gasteiger partial charge < -0.3 is 15.4 Å². The predicted octanol–water partition coefficient (Wildman–Crippen LogP) is 1.48. The van der Waals surface area contributed by atoms with Crippen molar-refractivity contribution in [3.8, 4) is 11.4 Å². The van der Waals surface area contributed by atoms with Crippen LogP contribution < -0.4 is 15.4 Å². The summed E-state index contributed by atoms with van der Waals surface area (Å²) in [6.45, 7) is 1.87. The van der Waals surface area contributed by atoms with E-state index in [0.29, 0.717) is 22.7 Å². The minimum absolute atomic E-state index is 0.00651. The molecule has 4 rings (SSSR count). The molecule has 3 aromatic rings. The molecule has 9 heteroatoms. The van der Waals surface area contributed by atoms with E-state index in [1.807, 2.05) is 19.1 Å². The van der Waals surface area contributed by atoms with Gasteiger partial charge in [0.1, 0.15) is 12.1 Å². The van der Waals surface area contributed by atoms with E-state index in [0.717, 1.165) is 5.56 Å². The first-order valence-corrected chi connectivity index (χ1v) is 8.31. The Morgan fingerprint density at radius 2 is 2.15 bits per heavy atom. The highest BCUT2D eigenvalue weighted by atomic mass is 16.5. The van der Waals surface area contributed by atoms with E-state index in [1.54, 1.807) is 30.3 Å². The zero-order valence-electron chi connectivity index (χ0n) is 14.4. The van der Waals surface area contributed by atoms with Crippen molar-refractivity contribution in [1.29, 1.82) is 0 Å². The lowest BCUT2D eigenvalue weighted by Gasteiger charge is -2.21. The van der Waals surface area contributed by atoms with Gasteiger partial charge in [-0.25, -0.2) is 0 Å². The van der Waals surface area contributed by atoms with Gasteiger partial charge in [-0.15, -0.1) is 5.10 Å². The normalized spacial score (nSPS) is 13.9. The number of para-hydroxylation sites is 1. The van der Waals surface area contributed by atoms with Crippen LogP contribution in [0.25, 0.3) is 5.69 Å². The Bertz CT molecular complexity index is 1000. The first-order chi connectivity index (χ1) is 13.1. The van der Waals surface area contributed by atoms with Crippen LogP contribution in [-0.2, 0) is 4.79 Å². The van der Waals surface area contributed by atoms with Crippen molar-refractivity contribution in [2.24, 2.45) is 0 Å². The van der Waals surface area contributed by atoms with Gasteiger partial charge in [0.15, 0.2) is 6.61 Å². The Kier molecular flexibility index (Phi) is 4.25. The molecule has 1 atom stereocenters. The minimum atomic E-state index is -0.288. The summed E-state index contributed by atoms with van der Waals surface area (Å²) >= 11 is 0. The van der Waals surface area contributed by atoms with Crippen LogP contribution in [0.2, 0.25) is 0 Å². The van der Waals surface area contributed by atoms with E-state index in [9.17, 15) is 9.59 Å². The van der Waals surface area contributed by atoms with Crippen LogP contribution in [0.1, 0.15) is 28.9 Å². The third-order valence-electron chi connectivity index (χ3n) is 4.23. The fraction of sp³-hybridized carbons (Fsp3) is 0.167. The van der Waals surface area contributed by atoms with Gasteiger partial charge >= 0.3 is 0 Å². The fourth-order valence-electron chi connectivity index (χ4n) is 2.86. The molecule has 0 bridgehead atoms. The van der Waals surface area contributed by atoms with Gasteiger partial charge in [0.05, 0.1) is 23.0 Å². The molecule has 0 fully saturated rings. The number of ether oxygens (including phenoxy) is 1. The minimum Gasteiger partial charge on any atom is -0.482 e. The summed E-state index contributed by atoms with van der Waals surface area (Å²) in [5, 5.41) is 16.8. The number of hydrogen-bond donors (Lipinski definition) is 2. The highest BCUT2D eigenvalue weighted by Crippen LogP contribution is 2.30. The molecule has 0 saturated heterocycles. The van der Waals surface area contributed by atoms with Crippen molar-refractivity contribution < 1.29 is 14.3 Å². The highest BCUT2D eigenvalue weighted by Gasteiger charge is 2.20. The molecule has 0 aliphatic carbocycles. The Morgan fingerprint density at radius 3 is 2.96 bits per heavy atom. The van der Waals surface area contributed by atoms with Crippen LogP contribution in [0.15, 0.2) is 48.8 Å². The molecular formula is C18H16N6O3. The molecule has 1 unspecified atom stereocenters. The zero-order chi connectivity index (χ0) is 18.8. The Morgan fingerprint density at radius 1 is 1.30 bits per heavy atom. The molecule has 2 heterocycles. The van der Waals surface area contributed by atoms with Crippen molar-refractivity contribution in [1.82, 2.24) is 25.5 Å². The molecule has 0 radical (unpaired) electrons. The largest absolute Gasteiger partial charge is 0.482 e. The number of nitrogens with zero attached hydrogens (tertiary/aromatic N) is 4. The number of benzene rings is 2. The van der Waals surface area contributed by atoms with Gasteiger partial charge in [0, 0.05) is 0 Å². The second-order valence-electron chi connectivity index (χ2n) is 6.06. The van der Waals surface area contributed by atoms with Gasteiger partial charge in [-0.2, -0.15) is 4.68 Å². The van der Waals surface area contributed by atoms with E-state index in [4.69, 9.17) is 4.74 Å². The maximum atomic E-state index is 12.8. The number of amides is 2. The van der Waals surface area contributed by atoms with Crippen LogP contribution in [-0.4, -0.2) is 38.6 Å². The second kappa shape index (κ2) is 6.87. The van der Waals surface area contributed by atoms with Crippen LogP contribution in [0.4, 0.5) is 5.69 Å². The quantitative estimate of drug-likeness (QED) is 0.725. The van der Waals surface area contributed by atoms with E-state index in [-0.39, 0.29) is 24.5 Å². The average Bonchev–Trinajstić information content (AvgIpc) is 3.22. The molecule has 1 aliphatic heterocycles. The Labute approximate surface area is 154 Å². The number of tetrazole rings is 1. The number of rotatable bonds is 4. The number of anilines is 1. The molecular weight excluding hydrogens is 348 g/mol. The maximum Gasteiger partial charge on any atom is 0.262 e. The van der Waals surface area contributed by atoms with Gasteiger partial charge in [-0.05, 0) is 47.2 Å². The fourth-order valence-corrected chi connectivity index (χ4v) is 2.86. The first-order valence-electron chi connectivity index (χ1n) is 8.31. The summed E-state index contributed by atoms with van der Waals surface area (Å²) in [6, 6.07) is 12.2. The zero-order valence-corrected chi connectivity index (χ0v) is 14.4. The number of aromatic nitrogens is 4. The molecule has 0 saturated carbocycles. The van der Waals surface area contributed by atoms with Crippen molar-refractivity contribution in [3.63, 3.8) is 0 Å². The first kappa shape index (κ1) is 16.7. The molecule has 136 valence electrons. The monoisotopic (exact) mass is 364 g/mol. The molecule has 1 aromatic heterocycles. The SMILES string of the molecule is CC(NC(=O)c1ccccc1-n1cnnn1)c1ccc2c(c1)NC(=O)CO2. The van der Waals surface area contributed by atoms with Gasteiger partial charge in [-0.1, -0.05) is 18.2 Å². The number of nitrogens with one attached hydrogen (secondary N) is 2. The summed E-state index contributed by atoms with van der Waals surface area (Å²) in [7, 11) is 0. The second-order valence-corrected chi connectivity index (χ2v) is 6.06. The summed E-state index contributed by atoms with van der Waals surface area (Å²) in [5.41, 5.74) is 2.47. The summed E-state index contributed by atoms with van der Waals surface area (Å²) in [6.07, 6.45) is 1.43. The predicted molar refractivity (Wildman–Crippen MR) is 95.6 cm³/mol. The molecule has 2 aromatic carbocycles. The van der Waals surface area contributed by atoms with Crippen molar-refractivity contribution in [3.05, 3.63) is 59.9 Å². The van der Waals surface area contributed by atoms with Crippen LogP contribution in [0.3, 0.4) is 0 Å². The van der Waals surface area contributed by atoms with Crippen LogP contribution in [0, 0.1) is 0 Å². The van der Waals surface area contributed by atoms with Gasteiger partial charge in [0.2, 0.25) is 0 Å². The number of carbonyl (C=O) groups excluding carboxylic acids is 2. The number of fused-ring (bicyclic) bond motifs is 1. The third-order valence-corrected chi connectivity index (χ3v) is 4.23. The summed E-state index contributed by atoms with van der Waals surface area (Å²) < 4.78 is 6.79. The molecule has 9 nitrogen and oxygen atoms in total. The third kappa shape index (κ3) is 3.34. The van der Waals surface area contributed by atoms with E-state index >= 15 is 0 Å². The lowest BCUT2D eigenvalue weighted by molar-refractivity contribution is -0.118. The smallest absolute Gasteiger partial charge is 0.262 e. The Balaban J connectivity index is 1.56. The molecule has 1 aliphatic rings. The number of carbonyl (C=O) groups is 2. The average molecular weight is 364 g/mol. The summed E-state index contributed by atoms with van der Waals surface area (Å²) in [4.78, 5) is 24.3. The number of hydrogen-bond acceptors (Lipinski definition) is 6. The highest BCUT2D eigenvalue weighted by molar-refractivity contribution is 5.98. The van der Waals surface area contributed by atoms with Gasteiger partial charge in [-0.3, -0.25) is 9.59 Å². The van der Waals surface area contributed by atoms with Gasteiger partial charge in [0.25, 0.3) is 11.8 Å². The molecule has 2 N–H and O–H groups in total. The van der Waals surface area contributed by atoms with Crippen LogP contribution in [0.5, 0.6) is 5.75 Å². The Hall–Kier alpha value is -3.75. The molecule has 27 heavy (non-hydrogen) atoms. The summed E-state index contributed by atoms with van der Waals surface area (Å²) in [5.74, 6) is 0.152. The topological polar surface area (TPSA) is 111 Å². The van der Waals surface area contributed by atoms with Crippen molar-refractivity contribution in [2.75, 3.05) is 11.9 Å². The van der Waals surface area contributed by atoms with Crippen molar-refractivity contribution in [2.45, 2.75) is 13.0 Å². The standard InChI is InChI=1S/C18H16N6O3/c1-11(12-6-7-16-14(8-12)21-17(25)9-27-16)20-18(26)13-4-2-3-5-15(13)24-10-19-22-23-24/h2-8,10-11H,9H2,1H3,(H,20,26)(H,21,25). The van der Waals surface area contributed by atoms with E-state index in [2.05, 4.69) is 26.2 Å². The lowest BCUT2D eigenvalue weighted by Crippen LogP contribution is -2.28. The van der Waals surface area contributed by atoms with Crippen molar-refractivity contribution >= 4 is 17.5 Å². The molecule has 0 spiro atoms. The van der Waals surface area contributed by atoms with E-state index < -0.39 is 0 Å².